The molecule has 0 spiro atoms. The van der Waals surface area contributed by atoms with Crippen molar-refractivity contribution in [3.05, 3.63) is 29.3 Å². The van der Waals surface area contributed by atoms with E-state index in [0.717, 1.165) is 12.0 Å². The number of carbonyl (C=O) groups excluding carboxylic acids is 1. The summed E-state index contributed by atoms with van der Waals surface area (Å²) in [5, 5.41) is 2.89. The smallest absolute Gasteiger partial charge is 0.253 e. The predicted molar refractivity (Wildman–Crippen MR) is 73.1 cm³/mol. The van der Waals surface area contributed by atoms with E-state index in [0.29, 0.717) is 31.0 Å². The molecular weight excluding hydrogens is 244 g/mol. The van der Waals surface area contributed by atoms with Gasteiger partial charge in [-0.2, -0.15) is 0 Å². The number of nitrogen functional groups attached to an aromatic ring is 1. The van der Waals surface area contributed by atoms with E-state index in [1.54, 1.807) is 13.2 Å². The normalized spacial score (nSPS) is 22.4. The first-order valence-corrected chi connectivity index (χ1v) is 6.34. The Morgan fingerprint density at radius 3 is 2.95 bits per heavy atom. The maximum atomic E-state index is 12.2. The molecular formula is C14H20N2O3. The van der Waals surface area contributed by atoms with Crippen LogP contribution >= 0.6 is 0 Å². The predicted octanol–water partition coefficient (Wildman–Crippen LogP) is 1.11. The third-order valence-corrected chi connectivity index (χ3v) is 3.60. The maximum absolute atomic E-state index is 12.2. The van der Waals surface area contributed by atoms with E-state index in [9.17, 15) is 4.79 Å². The van der Waals surface area contributed by atoms with Crippen molar-refractivity contribution in [3.8, 4) is 0 Å². The zero-order valence-electron chi connectivity index (χ0n) is 11.4. The molecule has 5 nitrogen and oxygen atoms in total. The van der Waals surface area contributed by atoms with Crippen molar-refractivity contribution in [3.63, 3.8) is 0 Å². The largest absolute Gasteiger partial charge is 0.398 e. The molecule has 1 amide bonds. The second kappa shape index (κ2) is 5.59. The highest BCUT2D eigenvalue weighted by Gasteiger charge is 2.35. The Balaban J connectivity index is 2.05. The molecule has 1 aromatic carbocycles. The first-order chi connectivity index (χ1) is 9.08. The summed E-state index contributed by atoms with van der Waals surface area (Å²) in [5.41, 5.74) is 7.34. The molecule has 1 aromatic rings. The van der Waals surface area contributed by atoms with Gasteiger partial charge < -0.3 is 20.5 Å². The Morgan fingerprint density at radius 2 is 2.37 bits per heavy atom. The fourth-order valence-corrected chi connectivity index (χ4v) is 2.29. The van der Waals surface area contributed by atoms with Crippen LogP contribution in [-0.2, 0) is 9.47 Å². The molecule has 1 fully saturated rings. The van der Waals surface area contributed by atoms with Gasteiger partial charge in [0.05, 0.1) is 12.2 Å². The molecule has 1 unspecified atom stereocenters. The average molecular weight is 264 g/mol. The summed E-state index contributed by atoms with van der Waals surface area (Å²) in [6.07, 6.45) is 0.785. The molecule has 19 heavy (non-hydrogen) atoms. The number of ether oxygens (including phenoxy) is 2. The quantitative estimate of drug-likeness (QED) is 0.799. The zero-order valence-corrected chi connectivity index (χ0v) is 11.4. The third-order valence-electron chi connectivity index (χ3n) is 3.60. The Kier molecular flexibility index (Phi) is 4.07. The Morgan fingerprint density at radius 1 is 1.58 bits per heavy atom. The van der Waals surface area contributed by atoms with Crippen molar-refractivity contribution in [2.45, 2.75) is 18.9 Å². The molecule has 1 heterocycles. The summed E-state index contributed by atoms with van der Waals surface area (Å²) in [7, 11) is 1.64. The lowest BCUT2D eigenvalue weighted by Gasteiger charge is -2.26. The number of rotatable bonds is 4. The number of anilines is 1. The molecule has 0 aliphatic carbocycles. The molecule has 1 aliphatic rings. The first kappa shape index (κ1) is 13.8. The number of aryl methyl sites for hydroxylation is 1. The summed E-state index contributed by atoms with van der Waals surface area (Å²) < 4.78 is 10.8. The molecule has 1 aliphatic heterocycles. The summed E-state index contributed by atoms with van der Waals surface area (Å²) in [5.74, 6) is -0.168. The molecule has 1 saturated heterocycles. The highest BCUT2D eigenvalue weighted by Crippen LogP contribution is 2.22. The highest BCUT2D eigenvalue weighted by molar-refractivity contribution is 6.00. The van der Waals surface area contributed by atoms with Gasteiger partial charge in [0.15, 0.2) is 0 Å². The van der Waals surface area contributed by atoms with Crippen LogP contribution in [0.5, 0.6) is 0 Å². The Labute approximate surface area is 113 Å². The number of amides is 1. The van der Waals surface area contributed by atoms with E-state index in [4.69, 9.17) is 15.2 Å². The van der Waals surface area contributed by atoms with Gasteiger partial charge in [-0.15, -0.1) is 0 Å². The van der Waals surface area contributed by atoms with Crippen LogP contribution in [0.25, 0.3) is 0 Å². The van der Waals surface area contributed by atoms with E-state index in [2.05, 4.69) is 5.32 Å². The number of hydrogen-bond acceptors (Lipinski definition) is 4. The van der Waals surface area contributed by atoms with Crippen LogP contribution in [0.2, 0.25) is 0 Å². The molecule has 0 radical (unpaired) electrons. The van der Waals surface area contributed by atoms with Crippen molar-refractivity contribution in [2.24, 2.45) is 0 Å². The van der Waals surface area contributed by atoms with Crippen LogP contribution in [0.1, 0.15) is 22.3 Å². The number of hydrogen-bond donors (Lipinski definition) is 2. The second-order valence-corrected chi connectivity index (χ2v) is 4.91. The topological polar surface area (TPSA) is 73.6 Å². The van der Waals surface area contributed by atoms with Gasteiger partial charge in [0.2, 0.25) is 0 Å². The third kappa shape index (κ3) is 2.88. The highest BCUT2D eigenvalue weighted by atomic mass is 16.5. The molecule has 0 bridgehead atoms. The van der Waals surface area contributed by atoms with Crippen LogP contribution in [0.15, 0.2) is 18.2 Å². The molecule has 3 N–H and O–H groups in total. The van der Waals surface area contributed by atoms with Crippen LogP contribution in [0.3, 0.4) is 0 Å². The summed E-state index contributed by atoms with van der Waals surface area (Å²) in [4.78, 5) is 12.2. The van der Waals surface area contributed by atoms with E-state index in [1.807, 2.05) is 19.1 Å². The summed E-state index contributed by atoms with van der Waals surface area (Å²) >= 11 is 0. The van der Waals surface area contributed by atoms with Crippen molar-refractivity contribution in [2.75, 3.05) is 32.6 Å². The number of methoxy groups -OCH3 is 1. The van der Waals surface area contributed by atoms with E-state index < -0.39 is 5.60 Å². The van der Waals surface area contributed by atoms with Gasteiger partial charge in [-0.1, -0.05) is 12.1 Å². The molecule has 1 atom stereocenters. The van der Waals surface area contributed by atoms with Crippen molar-refractivity contribution in [1.82, 2.24) is 5.32 Å². The van der Waals surface area contributed by atoms with E-state index >= 15 is 0 Å². The minimum atomic E-state index is -0.410. The van der Waals surface area contributed by atoms with Gasteiger partial charge in [-0.3, -0.25) is 4.79 Å². The minimum absolute atomic E-state index is 0.168. The van der Waals surface area contributed by atoms with E-state index in [-0.39, 0.29) is 5.91 Å². The van der Waals surface area contributed by atoms with Crippen molar-refractivity contribution in [1.29, 1.82) is 0 Å². The average Bonchev–Trinajstić information content (AvgIpc) is 2.86. The Bertz CT molecular complexity index is 448. The molecule has 0 saturated carbocycles. The van der Waals surface area contributed by atoms with Crippen LogP contribution in [0.4, 0.5) is 5.69 Å². The lowest BCUT2D eigenvalue weighted by atomic mass is 10.0. The van der Waals surface area contributed by atoms with Gasteiger partial charge in [0, 0.05) is 32.4 Å². The van der Waals surface area contributed by atoms with Gasteiger partial charge >= 0.3 is 0 Å². The molecule has 5 heteroatoms. The SMILES string of the molecule is COC1(CNC(=O)c2c(C)cccc2N)CCOC1. The van der Waals surface area contributed by atoms with E-state index in [1.165, 1.54) is 0 Å². The lowest BCUT2D eigenvalue weighted by molar-refractivity contribution is -0.0148. The molecule has 0 aromatic heterocycles. The van der Waals surface area contributed by atoms with Crippen LogP contribution in [-0.4, -0.2) is 38.4 Å². The maximum Gasteiger partial charge on any atom is 0.253 e. The van der Waals surface area contributed by atoms with Gasteiger partial charge in [0.1, 0.15) is 5.60 Å². The first-order valence-electron chi connectivity index (χ1n) is 6.34. The summed E-state index contributed by atoms with van der Waals surface area (Å²) in [6.45, 7) is 3.47. The standard InChI is InChI=1S/C14H20N2O3/c1-10-4-3-5-11(15)12(10)13(17)16-8-14(18-2)6-7-19-9-14/h3-5H,6-9,15H2,1-2H3,(H,16,17). The lowest BCUT2D eigenvalue weighted by Crippen LogP contribution is -2.45. The monoisotopic (exact) mass is 264 g/mol. The fourth-order valence-electron chi connectivity index (χ4n) is 2.29. The van der Waals surface area contributed by atoms with Gasteiger partial charge in [0.25, 0.3) is 5.91 Å². The molecule has 104 valence electrons. The van der Waals surface area contributed by atoms with Gasteiger partial charge in [-0.25, -0.2) is 0 Å². The van der Waals surface area contributed by atoms with Crippen molar-refractivity contribution >= 4 is 11.6 Å². The fraction of sp³-hybridized carbons (Fsp3) is 0.500. The van der Waals surface area contributed by atoms with Crippen LogP contribution in [0, 0.1) is 6.92 Å². The summed E-state index contributed by atoms with van der Waals surface area (Å²) in [6, 6.07) is 5.44. The minimum Gasteiger partial charge on any atom is -0.398 e. The molecule has 2 rings (SSSR count). The zero-order chi connectivity index (χ0) is 13.9. The number of nitrogens with one attached hydrogen (secondary N) is 1. The number of nitrogens with two attached hydrogens (primary N) is 1. The van der Waals surface area contributed by atoms with Crippen LogP contribution < -0.4 is 11.1 Å². The van der Waals surface area contributed by atoms with Crippen molar-refractivity contribution < 1.29 is 14.3 Å². The van der Waals surface area contributed by atoms with Gasteiger partial charge in [-0.05, 0) is 18.6 Å². The second-order valence-electron chi connectivity index (χ2n) is 4.91. The number of carbonyl (C=O) groups is 1. The number of benzene rings is 1. The Hall–Kier alpha value is -1.59.